The Hall–Kier alpha value is -0.870. The van der Waals surface area contributed by atoms with Gasteiger partial charge in [0, 0.05) is 25.2 Å². The summed E-state index contributed by atoms with van der Waals surface area (Å²) in [4.78, 5) is 2.49. The van der Waals surface area contributed by atoms with Crippen LogP contribution >= 0.6 is 0 Å². The van der Waals surface area contributed by atoms with Gasteiger partial charge in [-0.15, -0.1) is 0 Å². The first kappa shape index (κ1) is 16.5. The number of aromatic nitrogens is 2. The van der Waals surface area contributed by atoms with Gasteiger partial charge in [-0.25, -0.2) is 0 Å². The molecular weight excluding hydrogens is 260 g/mol. The van der Waals surface area contributed by atoms with Crippen molar-refractivity contribution in [1.82, 2.24) is 14.7 Å². The summed E-state index contributed by atoms with van der Waals surface area (Å²) in [5, 5.41) is 4.67. The highest BCUT2D eigenvalue weighted by atomic mass is 15.3. The molecule has 2 atom stereocenters. The quantitative estimate of drug-likeness (QED) is 0.877. The van der Waals surface area contributed by atoms with Gasteiger partial charge in [0.05, 0.1) is 11.4 Å². The molecule has 1 fully saturated rings. The molecule has 0 aromatic carbocycles. The first-order valence-corrected chi connectivity index (χ1v) is 8.51. The van der Waals surface area contributed by atoms with E-state index in [0.717, 1.165) is 32.0 Å². The molecule has 21 heavy (non-hydrogen) atoms. The van der Waals surface area contributed by atoms with Crippen LogP contribution in [0.3, 0.4) is 0 Å². The Morgan fingerprint density at radius 1 is 1.48 bits per heavy atom. The number of hydrogen-bond donors (Lipinski definition) is 1. The van der Waals surface area contributed by atoms with Gasteiger partial charge in [0.1, 0.15) is 0 Å². The van der Waals surface area contributed by atoms with Crippen LogP contribution in [-0.4, -0.2) is 33.8 Å². The van der Waals surface area contributed by atoms with Crippen molar-refractivity contribution in [2.75, 3.05) is 13.6 Å². The molecule has 4 heteroatoms. The van der Waals surface area contributed by atoms with E-state index in [0.29, 0.717) is 0 Å². The minimum Gasteiger partial charge on any atom is -0.329 e. The molecule has 0 radical (unpaired) electrons. The molecule has 4 nitrogen and oxygen atoms in total. The SMILES string of the molecule is CCc1cc(CN(C)C2(CN)CCCC(C)C2)n(CC)n1. The average Bonchev–Trinajstić information content (AvgIpc) is 2.89. The van der Waals surface area contributed by atoms with E-state index in [1.165, 1.54) is 37.1 Å². The first-order valence-electron chi connectivity index (χ1n) is 8.51. The zero-order valence-electron chi connectivity index (χ0n) is 14.2. The van der Waals surface area contributed by atoms with Gasteiger partial charge >= 0.3 is 0 Å². The van der Waals surface area contributed by atoms with E-state index in [4.69, 9.17) is 5.73 Å². The van der Waals surface area contributed by atoms with Crippen molar-refractivity contribution in [1.29, 1.82) is 0 Å². The summed E-state index contributed by atoms with van der Waals surface area (Å²) < 4.78 is 2.14. The predicted molar refractivity (Wildman–Crippen MR) is 88.2 cm³/mol. The van der Waals surface area contributed by atoms with Crippen LogP contribution in [0.1, 0.15) is 57.8 Å². The molecule has 1 aromatic heterocycles. The van der Waals surface area contributed by atoms with E-state index in [9.17, 15) is 0 Å². The minimum atomic E-state index is 0.173. The highest BCUT2D eigenvalue weighted by Crippen LogP contribution is 2.36. The number of nitrogens with zero attached hydrogens (tertiary/aromatic N) is 3. The predicted octanol–water partition coefficient (Wildman–Crippen LogP) is 2.80. The van der Waals surface area contributed by atoms with Crippen LogP contribution in [0.25, 0.3) is 0 Å². The minimum absolute atomic E-state index is 0.173. The van der Waals surface area contributed by atoms with Gasteiger partial charge < -0.3 is 5.73 Å². The lowest BCUT2D eigenvalue weighted by molar-refractivity contribution is 0.0534. The molecule has 0 aliphatic heterocycles. The number of hydrogen-bond acceptors (Lipinski definition) is 3. The molecule has 120 valence electrons. The van der Waals surface area contributed by atoms with E-state index < -0.39 is 0 Å². The lowest BCUT2D eigenvalue weighted by atomic mass is 9.75. The Balaban J connectivity index is 2.15. The number of nitrogens with two attached hydrogens (primary N) is 1. The van der Waals surface area contributed by atoms with Gasteiger partial charge in [-0.05, 0) is 45.2 Å². The van der Waals surface area contributed by atoms with Crippen LogP contribution < -0.4 is 5.73 Å². The molecule has 1 aliphatic carbocycles. The molecular formula is C17H32N4. The van der Waals surface area contributed by atoms with Crippen molar-refractivity contribution in [2.24, 2.45) is 11.7 Å². The van der Waals surface area contributed by atoms with Crippen LogP contribution in [0, 0.1) is 5.92 Å². The van der Waals surface area contributed by atoms with Gasteiger partial charge in [0.25, 0.3) is 0 Å². The summed E-state index contributed by atoms with van der Waals surface area (Å²) in [6, 6.07) is 2.26. The smallest absolute Gasteiger partial charge is 0.0625 e. The van der Waals surface area contributed by atoms with E-state index in [2.05, 4.69) is 48.6 Å². The standard InChI is InChI=1S/C17H32N4/c1-5-15-10-16(21(6-2)19-15)12-20(4)17(13-18)9-7-8-14(3)11-17/h10,14H,5-9,11-13,18H2,1-4H3. The molecule has 0 amide bonds. The largest absolute Gasteiger partial charge is 0.329 e. The maximum Gasteiger partial charge on any atom is 0.0625 e. The second kappa shape index (κ2) is 6.93. The highest BCUT2D eigenvalue weighted by molar-refractivity contribution is 5.11. The number of likely N-dealkylation sites (N-methyl/N-ethyl adjacent to an activating group) is 1. The van der Waals surface area contributed by atoms with Gasteiger partial charge in [0.2, 0.25) is 0 Å². The molecule has 0 bridgehead atoms. The second-order valence-corrected chi connectivity index (χ2v) is 6.78. The summed E-state index contributed by atoms with van der Waals surface area (Å²) in [7, 11) is 2.24. The molecule has 1 aliphatic rings. The molecule has 1 aromatic rings. The van der Waals surface area contributed by atoms with Crippen LogP contribution in [0.15, 0.2) is 6.07 Å². The summed E-state index contributed by atoms with van der Waals surface area (Å²) in [6.45, 7) is 9.34. The maximum absolute atomic E-state index is 6.19. The van der Waals surface area contributed by atoms with E-state index in [1.807, 2.05) is 0 Å². The Kier molecular flexibility index (Phi) is 5.44. The highest BCUT2D eigenvalue weighted by Gasteiger charge is 2.37. The van der Waals surface area contributed by atoms with Crippen LogP contribution in [0.5, 0.6) is 0 Å². The third-order valence-corrected chi connectivity index (χ3v) is 5.23. The Labute approximate surface area is 129 Å². The Bertz CT molecular complexity index is 454. The fourth-order valence-corrected chi connectivity index (χ4v) is 3.82. The van der Waals surface area contributed by atoms with Crippen LogP contribution in [-0.2, 0) is 19.5 Å². The third-order valence-electron chi connectivity index (χ3n) is 5.23. The van der Waals surface area contributed by atoms with Crippen molar-refractivity contribution >= 4 is 0 Å². The normalized spacial score (nSPS) is 26.5. The molecule has 0 spiro atoms. The fourth-order valence-electron chi connectivity index (χ4n) is 3.82. The molecule has 0 saturated heterocycles. The van der Waals surface area contributed by atoms with Crippen LogP contribution in [0.2, 0.25) is 0 Å². The van der Waals surface area contributed by atoms with E-state index >= 15 is 0 Å². The second-order valence-electron chi connectivity index (χ2n) is 6.78. The summed E-state index contributed by atoms with van der Waals surface area (Å²) in [5.74, 6) is 0.784. The fraction of sp³-hybridized carbons (Fsp3) is 0.824. The van der Waals surface area contributed by atoms with Crippen molar-refractivity contribution in [3.8, 4) is 0 Å². The molecule has 2 rings (SSSR count). The van der Waals surface area contributed by atoms with Gasteiger partial charge in [-0.2, -0.15) is 5.10 Å². The van der Waals surface area contributed by atoms with Crippen molar-refractivity contribution in [3.05, 3.63) is 17.5 Å². The van der Waals surface area contributed by atoms with Crippen molar-refractivity contribution < 1.29 is 0 Å². The maximum atomic E-state index is 6.19. The number of rotatable bonds is 6. The molecule has 2 N–H and O–H groups in total. The summed E-state index contributed by atoms with van der Waals surface area (Å²) in [5.41, 5.74) is 8.88. The number of aryl methyl sites for hydroxylation is 2. The molecule has 1 heterocycles. The third kappa shape index (κ3) is 3.49. The molecule has 1 saturated carbocycles. The summed E-state index contributed by atoms with van der Waals surface area (Å²) in [6.07, 6.45) is 6.10. The Morgan fingerprint density at radius 2 is 2.24 bits per heavy atom. The van der Waals surface area contributed by atoms with Gasteiger partial charge in [0.15, 0.2) is 0 Å². The Morgan fingerprint density at radius 3 is 2.81 bits per heavy atom. The van der Waals surface area contributed by atoms with E-state index in [-0.39, 0.29) is 5.54 Å². The first-order chi connectivity index (χ1) is 10.0. The average molecular weight is 292 g/mol. The lowest BCUT2D eigenvalue weighted by Gasteiger charge is -2.46. The van der Waals surface area contributed by atoms with Crippen molar-refractivity contribution in [2.45, 2.75) is 71.5 Å². The monoisotopic (exact) mass is 292 g/mol. The van der Waals surface area contributed by atoms with E-state index in [1.54, 1.807) is 0 Å². The van der Waals surface area contributed by atoms with Crippen LogP contribution in [0.4, 0.5) is 0 Å². The lowest BCUT2D eigenvalue weighted by Crippen LogP contribution is -2.54. The summed E-state index contributed by atoms with van der Waals surface area (Å²) >= 11 is 0. The van der Waals surface area contributed by atoms with Gasteiger partial charge in [-0.3, -0.25) is 9.58 Å². The zero-order valence-corrected chi connectivity index (χ0v) is 14.2. The zero-order chi connectivity index (χ0) is 15.5. The molecule has 2 unspecified atom stereocenters. The topological polar surface area (TPSA) is 47.1 Å². The van der Waals surface area contributed by atoms with Crippen molar-refractivity contribution in [3.63, 3.8) is 0 Å². The van der Waals surface area contributed by atoms with Gasteiger partial charge in [-0.1, -0.05) is 26.7 Å².